The van der Waals surface area contributed by atoms with Gasteiger partial charge in [0.05, 0.1) is 12.3 Å². The smallest absolute Gasteiger partial charge is 0.265 e. The van der Waals surface area contributed by atoms with E-state index < -0.39 is 15.9 Å². The van der Waals surface area contributed by atoms with E-state index in [2.05, 4.69) is 5.32 Å². The predicted octanol–water partition coefficient (Wildman–Crippen LogP) is 2.33. The number of hydrogen-bond acceptors (Lipinski definition) is 5. The number of rotatable bonds is 6. The second kappa shape index (κ2) is 7.01. The fourth-order valence-corrected chi connectivity index (χ4v) is 4.53. The molecular formula is C15H18N2O4S2. The van der Waals surface area contributed by atoms with Gasteiger partial charge in [0.25, 0.3) is 15.9 Å². The molecule has 0 saturated heterocycles. The first kappa shape index (κ1) is 17.3. The van der Waals surface area contributed by atoms with Crippen molar-refractivity contribution in [1.29, 1.82) is 0 Å². The van der Waals surface area contributed by atoms with Crippen molar-refractivity contribution in [2.75, 3.05) is 25.0 Å². The molecule has 6 nitrogen and oxygen atoms in total. The molecule has 0 aliphatic carbocycles. The van der Waals surface area contributed by atoms with Gasteiger partial charge in [0.15, 0.2) is 0 Å². The summed E-state index contributed by atoms with van der Waals surface area (Å²) in [4.78, 5) is 12.0. The van der Waals surface area contributed by atoms with Gasteiger partial charge in [-0.1, -0.05) is 0 Å². The van der Waals surface area contributed by atoms with Crippen LogP contribution in [0.4, 0.5) is 5.69 Å². The lowest BCUT2D eigenvalue weighted by Crippen LogP contribution is -2.28. The average Bonchev–Trinajstić information content (AvgIpc) is 3.05. The molecule has 0 aliphatic heterocycles. The zero-order valence-corrected chi connectivity index (χ0v) is 14.7. The van der Waals surface area contributed by atoms with Gasteiger partial charge in [-0.2, -0.15) is 0 Å². The van der Waals surface area contributed by atoms with Crippen molar-refractivity contribution < 1.29 is 17.9 Å². The Labute approximate surface area is 139 Å². The van der Waals surface area contributed by atoms with Gasteiger partial charge in [-0.25, -0.2) is 8.42 Å². The summed E-state index contributed by atoms with van der Waals surface area (Å²) >= 11 is 1.09. The highest BCUT2D eigenvalue weighted by atomic mass is 32.2. The molecule has 0 saturated carbocycles. The average molecular weight is 354 g/mol. The fraction of sp³-hybridized carbons (Fsp3) is 0.267. The van der Waals surface area contributed by atoms with Crippen molar-refractivity contribution in [2.45, 2.75) is 11.8 Å². The van der Waals surface area contributed by atoms with Crippen molar-refractivity contribution >= 4 is 33.0 Å². The molecule has 0 radical (unpaired) electrons. The molecule has 8 heteroatoms. The summed E-state index contributed by atoms with van der Waals surface area (Å²) in [5, 5.41) is 4.04. The highest BCUT2D eigenvalue weighted by Gasteiger charge is 2.27. The van der Waals surface area contributed by atoms with Gasteiger partial charge in [0.1, 0.15) is 15.5 Å². The molecule has 1 aromatic heterocycles. The van der Waals surface area contributed by atoms with Crippen LogP contribution >= 0.6 is 11.3 Å². The summed E-state index contributed by atoms with van der Waals surface area (Å²) in [6, 6.07) is 8.18. The van der Waals surface area contributed by atoms with E-state index in [4.69, 9.17) is 4.74 Å². The van der Waals surface area contributed by atoms with Crippen LogP contribution in [0.25, 0.3) is 0 Å². The Balaban J connectivity index is 2.35. The zero-order valence-electron chi connectivity index (χ0n) is 13.1. The number of thiophene rings is 1. The minimum Gasteiger partial charge on any atom is -0.494 e. The first-order chi connectivity index (χ1) is 10.9. The summed E-state index contributed by atoms with van der Waals surface area (Å²) in [6.07, 6.45) is 0. The third-order valence-corrected chi connectivity index (χ3v) is 6.08. The Hall–Kier alpha value is -2.06. The molecule has 0 bridgehead atoms. The van der Waals surface area contributed by atoms with E-state index in [0.717, 1.165) is 15.6 Å². The van der Waals surface area contributed by atoms with E-state index in [9.17, 15) is 13.2 Å². The lowest BCUT2D eigenvalue weighted by Gasteiger charge is -2.19. The number of hydrogen-bond donors (Lipinski definition) is 1. The van der Waals surface area contributed by atoms with Crippen LogP contribution in [0.1, 0.15) is 16.6 Å². The van der Waals surface area contributed by atoms with E-state index in [0.29, 0.717) is 18.0 Å². The van der Waals surface area contributed by atoms with Crippen molar-refractivity contribution in [3.63, 3.8) is 0 Å². The molecule has 1 amide bonds. The Morgan fingerprint density at radius 1 is 1.26 bits per heavy atom. The molecule has 0 spiro atoms. The zero-order chi connectivity index (χ0) is 17.0. The summed E-state index contributed by atoms with van der Waals surface area (Å²) in [6.45, 7) is 2.42. The van der Waals surface area contributed by atoms with Crippen LogP contribution < -0.4 is 14.4 Å². The number of nitrogens with one attached hydrogen (secondary N) is 1. The van der Waals surface area contributed by atoms with Crippen LogP contribution in [0.3, 0.4) is 0 Å². The van der Waals surface area contributed by atoms with E-state index >= 15 is 0 Å². The van der Waals surface area contributed by atoms with Crippen LogP contribution in [0.2, 0.25) is 0 Å². The Kier molecular flexibility index (Phi) is 5.27. The minimum atomic E-state index is -3.82. The topological polar surface area (TPSA) is 75.7 Å². The summed E-state index contributed by atoms with van der Waals surface area (Å²) in [5.74, 6) is 0.252. The molecule has 23 heavy (non-hydrogen) atoms. The Morgan fingerprint density at radius 3 is 2.48 bits per heavy atom. The Bertz CT molecular complexity index is 782. The van der Waals surface area contributed by atoms with Gasteiger partial charge in [-0.15, -0.1) is 11.3 Å². The molecule has 0 unspecified atom stereocenters. The number of amides is 1. The lowest BCUT2D eigenvalue weighted by atomic mass is 10.3. The van der Waals surface area contributed by atoms with Gasteiger partial charge < -0.3 is 10.1 Å². The van der Waals surface area contributed by atoms with Gasteiger partial charge in [-0.3, -0.25) is 9.10 Å². The normalized spacial score (nSPS) is 11.1. The molecule has 0 aliphatic rings. The molecule has 2 rings (SSSR count). The predicted molar refractivity (Wildman–Crippen MR) is 90.9 cm³/mol. The van der Waals surface area contributed by atoms with Crippen LogP contribution in [0.5, 0.6) is 5.75 Å². The molecule has 0 fully saturated rings. The molecular weight excluding hydrogens is 336 g/mol. The van der Waals surface area contributed by atoms with E-state index in [1.54, 1.807) is 29.6 Å². The number of sulfonamides is 1. The number of nitrogens with zero attached hydrogens (tertiary/aromatic N) is 1. The first-order valence-electron chi connectivity index (χ1n) is 6.93. The van der Waals surface area contributed by atoms with Crippen molar-refractivity contribution in [3.8, 4) is 5.75 Å². The molecule has 124 valence electrons. The van der Waals surface area contributed by atoms with Crippen LogP contribution in [0, 0.1) is 0 Å². The lowest BCUT2D eigenvalue weighted by molar-refractivity contribution is 0.0964. The van der Waals surface area contributed by atoms with Gasteiger partial charge in [-0.05, 0) is 42.6 Å². The van der Waals surface area contributed by atoms with E-state index in [1.165, 1.54) is 20.2 Å². The molecule has 2 aromatic rings. The molecule has 1 N–H and O–H groups in total. The summed E-state index contributed by atoms with van der Waals surface area (Å²) in [5.41, 5.74) is 0.488. The van der Waals surface area contributed by atoms with Crippen molar-refractivity contribution in [1.82, 2.24) is 5.32 Å². The van der Waals surface area contributed by atoms with Crippen LogP contribution in [-0.4, -0.2) is 35.0 Å². The third kappa shape index (κ3) is 3.48. The molecule has 0 atom stereocenters. The standard InChI is InChI=1S/C15H18N2O4S2/c1-4-21-12-7-5-11(6-8-12)17(3)23(19,20)13-9-10-22-14(13)15(18)16-2/h5-10H,4H2,1-3H3,(H,16,18). The number of benzene rings is 1. The Morgan fingerprint density at radius 2 is 1.91 bits per heavy atom. The second-order valence-corrected chi connectivity index (χ2v) is 7.45. The third-order valence-electron chi connectivity index (χ3n) is 3.21. The van der Waals surface area contributed by atoms with Gasteiger partial charge in [0, 0.05) is 14.1 Å². The second-order valence-electron chi connectivity index (χ2n) is 4.59. The molecule has 1 aromatic carbocycles. The summed E-state index contributed by atoms with van der Waals surface area (Å²) in [7, 11) is -0.896. The molecule has 1 heterocycles. The van der Waals surface area contributed by atoms with Crippen LogP contribution in [-0.2, 0) is 10.0 Å². The maximum atomic E-state index is 12.8. The van der Waals surface area contributed by atoms with Crippen molar-refractivity contribution in [3.05, 3.63) is 40.6 Å². The first-order valence-corrected chi connectivity index (χ1v) is 9.25. The van der Waals surface area contributed by atoms with Gasteiger partial charge >= 0.3 is 0 Å². The number of ether oxygens (including phenoxy) is 1. The van der Waals surface area contributed by atoms with Gasteiger partial charge in [0.2, 0.25) is 0 Å². The number of carbonyl (C=O) groups excluding carboxylic acids is 1. The highest BCUT2D eigenvalue weighted by Crippen LogP contribution is 2.28. The SMILES string of the molecule is CCOc1ccc(N(C)S(=O)(=O)c2ccsc2C(=O)NC)cc1. The maximum absolute atomic E-state index is 12.8. The monoisotopic (exact) mass is 354 g/mol. The quantitative estimate of drug-likeness (QED) is 0.864. The van der Waals surface area contributed by atoms with E-state index in [1.807, 2.05) is 6.92 Å². The maximum Gasteiger partial charge on any atom is 0.265 e. The summed E-state index contributed by atoms with van der Waals surface area (Å²) < 4.78 is 32.0. The highest BCUT2D eigenvalue weighted by molar-refractivity contribution is 7.93. The van der Waals surface area contributed by atoms with Crippen molar-refractivity contribution in [2.24, 2.45) is 0 Å². The fourth-order valence-electron chi connectivity index (χ4n) is 1.98. The van der Waals surface area contributed by atoms with Crippen LogP contribution in [0.15, 0.2) is 40.6 Å². The number of carbonyl (C=O) groups is 1. The van der Waals surface area contributed by atoms with E-state index in [-0.39, 0.29) is 9.77 Å². The minimum absolute atomic E-state index is 0.00163. The largest absolute Gasteiger partial charge is 0.494 e. The number of anilines is 1.